The molecule has 1 N–H and O–H groups in total. The Labute approximate surface area is 103 Å². The number of aromatic nitrogens is 1. The first-order valence-corrected chi connectivity index (χ1v) is 5.90. The lowest BCUT2D eigenvalue weighted by Crippen LogP contribution is -2.20. The predicted molar refractivity (Wildman–Crippen MR) is 66.1 cm³/mol. The Bertz CT molecular complexity index is 442. The van der Waals surface area contributed by atoms with Crippen LogP contribution in [-0.2, 0) is 6.42 Å². The van der Waals surface area contributed by atoms with Crippen LogP contribution in [0.25, 0.3) is 0 Å². The van der Waals surface area contributed by atoms with E-state index in [0.717, 1.165) is 22.3 Å². The minimum atomic E-state index is 0.154. The average Bonchev–Trinajstić information content (AvgIpc) is 2.80. The molecule has 84 valence electrons. The Hall–Kier alpha value is -1.13. The fourth-order valence-corrected chi connectivity index (χ4v) is 2.15. The van der Waals surface area contributed by atoms with Crippen molar-refractivity contribution in [2.45, 2.75) is 12.5 Å². The second-order valence-electron chi connectivity index (χ2n) is 3.50. The van der Waals surface area contributed by atoms with Crippen LogP contribution in [-0.4, -0.2) is 12.0 Å². The van der Waals surface area contributed by atoms with E-state index in [4.69, 9.17) is 4.42 Å². The molecule has 0 saturated carbocycles. The number of pyridine rings is 1. The fourth-order valence-electron chi connectivity index (χ4n) is 1.62. The summed E-state index contributed by atoms with van der Waals surface area (Å²) in [6.07, 6.45) is 4.28. The highest BCUT2D eigenvalue weighted by Gasteiger charge is 2.15. The van der Waals surface area contributed by atoms with Gasteiger partial charge in [0.05, 0.1) is 18.0 Å². The number of nitrogens with one attached hydrogen (secondary N) is 1. The lowest BCUT2D eigenvalue weighted by atomic mass is 10.1. The summed E-state index contributed by atoms with van der Waals surface area (Å²) in [4.78, 5) is 4.38. The third-order valence-electron chi connectivity index (χ3n) is 2.45. The molecule has 2 heterocycles. The molecule has 1 atom stereocenters. The Morgan fingerprint density at radius 2 is 2.31 bits per heavy atom. The van der Waals surface area contributed by atoms with E-state index >= 15 is 0 Å². The normalized spacial score (nSPS) is 12.6. The van der Waals surface area contributed by atoms with Crippen molar-refractivity contribution in [2.75, 3.05) is 7.05 Å². The molecule has 0 radical (unpaired) electrons. The van der Waals surface area contributed by atoms with Crippen LogP contribution in [0.1, 0.15) is 17.5 Å². The Morgan fingerprint density at radius 1 is 1.44 bits per heavy atom. The summed E-state index contributed by atoms with van der Waals surface area (Å²) < 4.78 is 6.36. The second-order valence-corrected chi connectivity index (χ2v) is 4.35. The number of hydrogen-bond donors (Lipinski definition) is 1. The van der Waals surface area contributed by atoms with E-state index in [9.17, 15) is 0 Å². The topological polar surface area (TPSA) is 38.1 Å². The molecule has 0 amide bonds. The van der Waals surface area contributed by atoms with Gasteiger partial charge in [0.15, 0.2) is 0 Å². The molecule has 1 unspecified atom stereocenters. The molecule has 2 aromatic heterocycles. The minimum Gasteiger partial charge on any atom is -0.469 e. The predicted octanol–water partition coefficient (Wildman–Crippen LogP) is 2.94. The van der Waals surface area contributed by atoms with E-state index < -0.39 is 0 Å². The standard InChI is InChI=1S/C12H13BrN2O/c1-14-11(8-9-4-3-7-16-9)12-10(13)5-2-6-15-12/h2-7,11,14H,8H2,1H3. The van der Waals surface area contributed by atoms with E-state index in [1.165, 1.54) is 0 Å². The smallest absolute Gasteiger partial charge is 0.105 e. The highest BCUT2D eigenvalue weighted by Crippen LogP contribution is 2.23. The highest BCUT2D eigenvalue weighted by atomic mass is 79.9. The molecule has 0 bridgehead atoms. The molecule has 0 spiro atoms. The number of furan rings is 1. The molecule has 0 aliphatic heterocycles. The Balaban J connectivity index is 2.20. The number of hydrogen-bond acceptors (Lipinski definition) is 3. The Kier molecular flexibility index (Phi) is 3.74. The van der Waals surface area contributed by atoms with Gasteiger partial charge in [-0.2, -0.15) is 0 Å². The van der Waals surface area contributed by atoms with Gasteiger partial charge in [-0.3, -0.25) is 4.98 Å². The van der Waals surface area contributed by atoms with Gasteiger partial charge in [0.2, 0.25) is 0 Å². The van der Waals surface area contributed by atoms with Crippen molar-refractivity contribution in [3.8, 4) is 0 Å². The number of rotatable bonds is 4. The summed E-state index contributed by atoms with van der Waals surface area (Å²) in [5, 5.41) is 3.24. The van der Waals surface area contributed by atoms with Crippen molar-refractivity contribution in [3.63, 3.8) is 0 Å². The lowest BCUT2D eigenvalue weighted by Gasteiger charge is -2.15. The first-order valence-electron chi connectivity index (χ1n) is 5.11. The van der Waals surface area contributed by atoms with E-state index in [2.05, 4.69) is 26.2 Å². The summed E-state index contributed by atoms with van der Waals surface area (Å²) in [6, 6.07) is 7.93. The zero-order valence-corrected chi connectivity index (χ0v) is 10.6. The molecule has 0 saturated heterocycles. The van der Waals surface area contributed by atoms with Gasteiger partial charge < -0.3 is 9.73 Å². The van der Waals surface area contributed by atoms with Crippen molar-refractivity contribution in [2.24, 2.45) is 0 Å². The van der Waals surface area contributed by atoms with Gasteiger partial charge in [0, 0.05) is 17.1 Å². The fraction of sp³-hybridized carbons (Fsp3) is 0.250. The van der Waals surface area contributed by atoms with Crippen LogP contribution in [0.2, 0.25) is 0 Å². The van der Waals surface area contributed by atoms with Crippen molar-refractivity contribution < 1.29 is 4.42 Å². The third kappa shape index (κ3) is 2.51. The molecular weight excluding hydrogens is 268 g/mol. The summed E-state index contributed by atoms with van der Waals surface area (Å²) in [5.74, 6) is 0.955. The van der Waals surface area contributed by atoms with Crippen LogP contribution >= 0.6 is 15.9 Å². The van der Waals surface area contributed by atoms with Crippen molar-refractivity contribution in [3.05, 3.63) is 52.7 Å². The largest absolute Gasteiger partial charge is 0.469 e. The van der Waals surface area contributed by atoms with Crippen molar-refractivity contribution in [1.29, 1.82) is 0 Å². The summed E-state index contributed by atoms with van der Waals surface area (Å²) >= 11 is 3.51. The van der Waals surface area contributed by atoms with Gasteiger partial charge in [-0.05, 0) is 47.2 Å². The molecule has 0 aliphatic rings. The van der Waals surface area contributed by atoms with Crippen molar-refractivity contribution in [1.82, 2.24) is 10.3 Å². The maximum absolute atomic E-state index is 5.34. The molecule has 3 nitrogen and oxygen atoms in total. The van der Waals surface area contributed by atoms with Crippen LogP contribution < -0.4 is 5.32 Å². The van der Waals surface area contributed by atoms with Gasteiger partial charge in [0.25, 0.3) is 0 Å². The number of nitrogens with zero attached hydrogens (tertiary/aromatic N) is 1. The van der Waals surface area contributed by atoms with Crippen LogP contribution in [0, 0.1) is 0 Å². The maximum Gasteiger partial charge on any atom is 0.105 e. The molecule has 0 aromatic carbocycles. The minimum absolute atomic E-state index is 0.154. The summed E-state index contributed by atoms with van der Waals surface area (Å²) in [5.41, 5.74) is 1.00. The Morgan fingerprint density at radius 3 is 2.94 bits per heavy atom. The first-order chi connectivity index (χ1) is 7.81. The van der Waals surface area contributed by atoms with Gasteiger partial charge in [-0.25, -0.2) is 0 Å². The zero-order valence-electron chi connectivity index (χ0n) is 8.98. The van der Waals surface area contributed by atoms with Crippen LogP contribution in [0.4, 0.5) is 0 Å². The molecule has 2 rings (SSSR count). The van der Waals surface area contributed by atoms with Crippen molar-refractivity contribution >= 4 is 15.9 Å². The first kappa shape index (κ1) is 11.4. The average molecular weight is 281 g/mol. The highest BCUT2D eigenvalue weighted by molar-refractivity contribution is 9.10. The molecule has 2 aromatic rings. The van der Waals surface area contributed by atoms with Crippen LogP contribution in [0.5, 0.6) is 0 Å². The van der Waals surface area contributed by atoms with E-state index in [1.54, 1.807) is 12.5 Å². The molecule has 0 fully saturated rings. The SMILES string of the molecule is CNC(Cc1ccco1)c1ncccc1Br. The second kappa shape index (κ2) is 5.27. The van der Waals surface area contributed by atoms with Crippen LogP contribution in [0.3, 0.4) is 0 Å². The number of likely N-dealkylation sites (N-methyl/N-ethyl adjacent to an activating group) is 1. The van der Waals surface area contributed by atoms with Gasteiger partial charge in [-0.1, -0.05) is 0 Å². The summed E-state index contributed by atoms with van der Waals surface area (Å²) in [7, 11) is 1.93. The maximum atomic E-state index is 5.34. The number of halogens is 1. The van der Waals surface area contributed by atoms with E-state index in [1.807, 2.05) is 31.3 Å². The lowest BCUT2D eigenvalue weighted by molar-refractivity contribution is 0.460. The van der Waals surface area contributed by atoms with Gasteiger partial charge >= 0.3 is 0 Å². The monoisotopic (exact) mass is 280 g/mol. The van der Waals surface area contributed by atoms with E-state index in [-0.39, 0.29) is 6.04 Å². The zero-order chi connectivity index (χ0) is 11.4. The van der Waals surface area contributed by atoms with E-state index in [0.29, 0.717) is 0 Å². The molecule has 0 aliphatic carbocycles. The molecule has 16 heavy (non-hydrogen) atoms. The van der Waals surface area contributed by atoms with Gasteiger partial charge in [0.1, 0.15) is 5.76 Å². The summed E-state index contributed by atoms with van der Waals surface area (Å²) in [6.45, 7) is 0. The van der Waals surface area contributed by atoms with Crippen LogP contribution in [0.15, 0.2) is 45.6 Å². The third-order valence-corrected chi connectivity index (χ3v) is 3.12. The quantitative estimate of drug-likeness (QED) is 0.936. The molecule has 4 heteroatoms. The molecular formula is C12H13BrN2O. The van der Waals surface area contributed by atoms with Gasteiger partial charge in [-0.15, -0.1) is 0 Å².